The molecule has 0 bridgehead atoms. The molecular formula is C17H15FN4O2S. The average molecular weight is 358 g/mol. The Morgan fingerprint density at radius 1 is 1.24 bits per heavy atom. The number of rotatable bonds is 5. The van der Waals surface area contributed by atoms with Crippen LogP contribution >= 0.6 is 11.8 Å². The number of halogens is 1. The molecule has 0 fully saturated rings. The number of aromatic nitrogens is 3. The SMILES string of the molecule is Cn1cccc1C(=O)NC(=O)CSc1nccn1-c1cccc(F)c1. The highest BCUT2D eigenvalue weighted by Crippen LogP contribution is 2.20. The molecule has 3 aromatic rings. The van der Waals surface area contributed by atoms with E-state index in [9.17, 15) is 14.0 Å². The number of hydrogen-bond donors (Lipinski definition) is 1. The van der Waals surface area contributed by atoms with Gasteiger partial charge in [-0.3, -0.25) is 19.5 Å². The third-order valence-electron chi connectivity index (χ3n) is 3.45. The van der Waals surface area contributed by atoms with Crippen LogP contribution in [0.4, 0.5) is 4.39 Å². The van der Waals surface area contributed by atoms with Crippen LogP contribution in [-0.2, 0) is 11.8 Å². The number of imide groups is 1. The second-order valence-corrected chi connectivity index (χ2v) is 6.17. The highest BCUT2D eigenvalue weighted by Gasteiger charge is 2.14. The molecule has 0 aliphatic heterocycles. The number of amides is 2. The maximum absolute atomic E-state index is 13.4. The van der Waals surface area contributed by atoms with E-state index in [0.29, 0.717) is 16.5 Å². The Balaban J connectivity index is 1.63. The molecule has 0 radical (unpaired) electrons. The van der Waals surface area contributed by atoms with E-state index in [2.05, 4.69) is 10.3 Å². The van der Waals surface area contributed by atoms with Crippen molar-refractivity contribution in [2.75, 3.05) is 5.75 Å². The molecule has 1 aromatic carbocycles. The van der Waals surface area contributed by atoms with Crippen LogP contribution in [0, 0.1) is 5.82 Å². The van der Waals surface area contributed by atoms with Gasteiger partial charge in [0.25, 0.3) is 5.91 Å². The van der Waals surface area contributed by atoms with Gasteiger partial charge in [-0.25, -0.2) is 9.37 Å². The van der Waals surface area contributed by atoms with Gasteiger partial charge in [-0.1, -0.05) is 17.8 Å². The molecule has 6 nitrogen and oxygen atoms in total. The third kappa shape index (κ3) is 3.97. The van der Waals surface area contributed by atoms with Crippen LogP contribution in [0.3, 0.4) is 0 Å². The highest BCUT2D eigenvalue weighted by atomic mass is 32.2. The summed E-state index contributed by atoms with van der Waals surface area (Å²) < 4.78 is 16.7. The summed E-state index contributed by atoms with van der Waals surface area (Å²) in [7, 11) is 1.73. The predicted octanol–water partition coefficient (Wildman–Crippen LogP) is 2.40. The molecule has 0 aliphatic rings. The number of hydrogen-bond acceptors (Lipinski definition) is 4. The van der Waals surface area contributed by atoms with E-state index in [1.807, 2.05) is 0 Å². The maximum Gasteiger partial charge on any atom is 0.274 e. The van der Waals surface area contributed by atoms with E-state index >= 15 is 0 Å². The van der Waals surface area contributed by atoms with Crippen LogP contribution in [0.25, 0.3) is 5.69 Å². The summed E-state index contributed by atoms with van der Waals surface area (Å²) in [5, 5.41) is 2.87. The van der Waals surface area contributed by atoms with E-state index in [-0.39, 0.29) is 11.6 Å². The molecule has 0 spiro atoms. The van der Waals surface area contributed by atoms with Gasteiger partial charge in [-0.2, -0.15) is 0 Å². The molecule has 0 unspecified atom stereocenters. The second-order valence-electron chi connectivity index (χ2n) is 5.23. The lowest BCUT2D eigenvalue weighted by Gasteiger charge is -2.08. The number of aryl methyl sites for hydroxylation is 1. The van der Waals surface area contributed by atoms with Gasteiger partial charge in [0, 0.05) is 25.6 Å². The van der Waals surface area contributed by atoms with Crippen molar-refractivity contribution in [3.05, 3.63) is 66.5 Å². The zero-order valence-corrected chi connectivity index (χ0v) is 14.2. The molecule has 128 valence electrons. The first-order chi connectivity index (χ1) is 12.0. The van der Waals surface area contributed by atoms with Gasteiger partial charge in [0.2, 0.25) is 5.91 Å². The van der Waals surface area contributed by atoms with Gasteiger partial charge in [0.1, 0.15) is 11.5 Å². The lowest BCUT2D eigenvalue weighted by molar-refractivity contribution is -0.117. The van der Waals surface area contributed by atoms with Crippen LogP contribution in [0.2, 0.25) is 0 Å². The monoisotopic (exact) mass is 358 g/mol. The molecular weight excluding hydrogens is 343 g/mol. The van der Waals surface area contributed by atoms with Crippen LogP contribution in [0.5, 0.6) is 0 Å². The Kier molecular flexibility index (Phi) is 4.99. The molecule has 0 aliphatic carbocycles. The highest BCUT2D eigenvalue weighted by molar-refractivity contribution is 7.99. The van der Waals surface area contributed by atoms with Crippen molar-refractivity contribution in [1.29, 1.82) is 0 Å². The fourth-order valence-corrected chi connectivity index (χ4v) is 3.05. The molecule has 8 heteroatoms. The molecule has 0 atom stereocenters. The Morgan fingerprint density at radius 3 is 2.80 bits per heavy atom. The second kappa shape index (κ2) is 7.35. The van der Waals surface area contributed by atoms with Crippen molar-refractivity contribution >= 4 is 23.6 Å². The van der Waals surface area contributed by atoms with Crippen LogP contribution in [-0.4, -0.2) is 31.7 Å². The molecule has 3 rings (SSSR count). The van der Waals surface area contributed by atoms with Crippen molar-refractivity contribution in [3.63, 3.8) is 0 Å². The number of thioether (sulfide) groups is 1. The number of benzene rings is 1. The summed E-state index contributed by atoms with van der Waals surface area (Å²) in [5.41, 5.74) is 1.01. The van der Waals surface area contributed by atoms with Gasteiger partial charge in [-0.05, 0) is 30.3 Å². The molecule has 1 N–H and O–H groups in total. The van der Waals surface area contributed by atoms with Gasteiger partial charge in [0.05, 0.1) is 11.4 Å². The first kappa shape index (κ1) is 17.0. The number of carbonyl (C=O) groups excluding carboxylic acids is 2. The minimum absolute atomic E-state index is 0.0164. The topological polar surface area (TPSA) is 68.9 Å². The van der Waals surface area contributed by atoms with Crippen molar-refractivity contribution in [2.24, 2.45) is 7.05 Å². The first-order valence-electron chi connectivity index (χ1n) is 7.42. The number of carbonyl (C=O) groups is 2. The largest absolute Gasteiger partial charge is 0.347 e. The normalized spacial score (nSPS) is 10.6. The summed E-state index contributed by atoms with van der Waals surface area (Å²) in [6, 6.07) is 9.44. The van der Waals surface area contributed by atoms with Crippen LogP contribution in [0.1, 0.15) is 10.5 Å². The predicted molar refractivity (Wildman–Crippen MR) is 92.1 cm³/mol. The Hall–Kier alpha value is -2.87. The molecule has 0 saturated heterocycles. The fourth-order valence-electron chi connectivity index (χ4n) is 2.27. The zero-order chi connectivity index (χ0) is 17.8. The Morgan fingerprint density at radius 2 is 2.08 bits per heavy atom. The van der Waals surface area contributed by atoms with Gasteiger partial charge in [0.15, 0.2) is 5.16 Å². The smallest absolute Gasteiger partial charge is 0.274 e. The summed E-state index contributed by atoms with van der Waals surface area (Å²) in [5.74, 6) is -1.22. The van der Waals surface area contributed by atoms with Crippen molar-refractivity contribution in [3.8, 4) is 5.69 Å². The first-order valence-corrected chi connectivity index (χ1v) is 8.41. The summed E-state index contributed by atoms with van der Waals surface area (Å²) in [6.45, 7) is 0. The standard InChI is InChI=1S/C17H15FN4O2S/c1-21-8-3-6-14(21)16(24)20-15(23)11-25-17-19-7-9-22(17)13-5-2-4-12(18)10-13/h2-10H,11H2,1H3,(H,20,23,24). The molecule has 2 heterocycles. The minimum atomic E-state index is -0.452. The van der Waals surface area contributed by atoms with Gasteiger partial charge < -0.3 is 4.57 Å². The minimum Gasteiger partial charge on any atom is -0.347 e. The number of imidazole rings is 1. The van der Waals surface area contributed by atoms with Crippen LogP contribution in [0.15, 0.2) is 60.1 Å². The quantitative estimate of drug-likeness (QED) is 0.711. The lowest BCUT2D eigenvalue weighted by atomic mass is 10.3. The molecule has 2 aromatic heterocycles. The van der Waals surface area contributed by atoms with E-state index in [0.717, 1.165) is 11.8 Å². The van der Waals surface area contributed by atoms with E-state index in [4.69, 9.17) is 0 Å². The number of nitrogens with zero attached hydrogens (tertiary/aromatic N) is 3. The van der Waals surface area contributed by atoms with Gasteiger partial charge >= 0.3 is 0 Å². The van der Waals surface area contributed by atoms with Crippen molar-refractivity contribution in [2.45, 2.75) is 5.16 Å². The zero-order valence-electron chi connectivity index (χ0n) is 13.3. The lowest BCUT2D eigenvalue weighted by Crippen LogP contribution is -2.33. The van der Waals surface area contributed by atoms with E-state index < -0.39 is 11.8 Å². The summed E-state index contributed by atoms with van der Waals surface area (Å²) in [4.78, 5) is 28.2. The van der Waals surface area contributed by atoms with Crippen molar-refractivity contribution in [1.82, 2.24) is 19.4 Å². The Labute approximate surface area is 147 Å². The fraction of sp³-hybridized carbons (Fsp3) is 0.118. The van der Waals surface area contributed by atoms with Gasteiger partial charge in [-0.15, -0.1) is 0 Å². The molecule has 2 amide bonds. The molecule has 0 saturated carbocycles. The summed E-state index contributed by atoms with van der Waals surface area (Å²) >= 11 is 1.16. The third-order valence-corrected chi connectivity index (χ3v) is 4.42. The van der Waals surface area contributed by atoms with E-state index in [1.165, 1.54) is 12.1 Å². The average Bonchev–Trinajstić information content (AvgIpc) is 3.21. The summed E-state index contributed by atoms with van der Waals surface area (Å²) in [6.07, 6.45) is 4.98. The molecule has 25 heavy (non-hydrogen) atoms. The van der Waals surface area contributed by atoms with E-state index in [1.54, 1.807) is 59.0 Å². The number of nitrogens with one attached hydrogen (secondary N) is 1. The van der Waals surface area contributed by atoms with Crippen molar-refractivity contribution < 1.29 is 14.0 Å². The van der Waals surface area contributed by atoms with Crippen LogP contribution < -0.4 is 5.32 Å². The Bertz CT molecular complexity index is 919. The maximum atomic E-state index is 13.4.